The van der Waals surface area contributed by atoms with Crippen LogP contribution in [0.1, 0.15) is 11.1 Å². The molecule has 0 atom stereocenters. The number of nitrogens with two attached hydrogens (primary N) is 1. The van der Waals surface area contributed by atoms with Gasteiger partial charge >= 0.3 is 6.18 Å². The maximum Gasteiger partial charge on any atom is 0.393 e. The number of hydrogen-bond donors (Lipinski definition) is 1. The molecule has 0 bridgehead atoms. The van der Waals surface area contributed by atoms with Crippen LogP contribution < -0.4 is 15.2 Å². The third-order valence-corrected chi connectivity index (χ3v) is 5.79. The number of anilines is 1. The van der Waals surface area contributed by atoms with Crippen LogP contribution in [0.3, 0.4) is 0 Å². The minimum atomic E-state index is -4.24. The van der Waals surface area contributed by atoms with Gasteiger partial charge in [-0.05, 0) is 29.3 Å². The van der Waals surface area contributed by atoms with Crippen molar-refractivity contribution in [2.45, 2.75) is 19.2 Å². The average Bonchev–Trinajstić information content (AvgIpc) is 3.44. The highest BCUT2D eigenvalue weighted by Crippen LogP contribution is 2.33. The predicted molar refractivity (Wildman–Crippen MR) is 133 cm³/mol. The maximum absolute atomic E-state index is 12.6. The Morgan fingerprint density at radius 1 is 0.946 bits per heavy atom. The number of methoxy groups -OCH3 is 1. The molecular formula is C26H23F3N6O2. The summed E-state index contributed by atoms with van der Waals surface area (Å²) in [6.07, 6.45) is 0.183. The van der Waals surface area contributed by atoms with Crippen LogP contribution in [-0.2, 0) is 20.1 Å². The molecular weight excluding hydrogens is 485 g/mol. The Morgan fingerprint density at radius 2 is 1.70 bits per heavy atom. The lowest BCUT2D eigenvalue weighted by molar-refractivity contribution is -0.127. The fourth-order valence-electron chi connectivity index (χ4n) is 4.03. The molecule has 3 heterocycles. The molecule has 0 unspecified atom stereocenters. The molecule has 0 saturated carbocycles. The topological polar surface area (TPSA) is 93.0 Å². The highest BCUT2D eigenvalue weighted by molar-refractivity contribution is 5.82. The van der Waals surface area contributed by atoms with Crippen molar-refractivity contribution < 1.29 is 22.6 Å². The quantitative estimate of drug-likeness (QED) is 0.329. The Labute approximate surface area is 210 Å². The van der Waals surface area contributed by atoms with Gasteiger partial charge in [0.2, 0.25) is 5.95 Å². The van der Waals surface area contributed by atoms with Crippen molar-refractivity contribution in [2.24, 2.45) is 7.05 Å². The lowest BCUT2D eigenvalue weighted by atomic mass is 10.1. The van der Waals surface area contributed by atoms with Gasteiger partial charge in [0.05, 0.1) is 25.4 Å². The number of nitrogen functional groups attached to an aromatic ring is 1. The molecule has 3 aromatic heterocycles. The van der Waals surface area contributed by atoms with Gasteiger partial charge in [0.25, 0.3) is 0 Å². The molecule has 2 N–H and O–H groups in total. The van der Waals surface area contributed by atoms with Crippen LogP contribution in [0.5, 0.6) is 11.5 Å². The minimum Gasteiger partial charge on any atom is -0.493 e. The normalized spacial score (nSPS) is 11.7. The van der Waals surface area contributed by atoms with E-state index in [1.165, 1.54) is 19.2 Å². The summed E-state index contributed by atoms with van der Waals surface area (Å²) in [6.45, 7) is 0.164. The predicted octanol–water partition coefficient (Wildman–Crippen LogP) is 5.10. The molecule has 8 nitrogen and oxygen atoms in total. The van der Waals surface area contributed by atoms with E-state index in [4.69, 9.17) is 15.2 Å². The minimum absolute atomic E-state index is 0.164. The average molecular weight is 509 g/mol. The second kappa shape index (κ2) is 9.49. The number of rotatable bonds is 7. The number of aryl methyl sites for hydroxylation is 1. The number of benzene rings is 2. The molecule has 0 radical (unpaired) electrons. The van der Waals surface area contributed by atoms with Crippen LogP contribution in [-0.4, -0.2) is 37.6 Å². The molecule has 37 heavy (non-hydrogen) atoms. The molecule has 2 aromatic carbocycles. The van der Waals surface area contributed by atoms with Crippen molar-refractivity contribution in [3.8, 4) is 28.3 Å². The Morgan fingerprint density at radius 3 is 2.38 bits per heavy atom. The van der Waals surface area contributed by atoms with Crippen LogP contribution in [0.25, 0.3) is 28.0 Å². The number of pyridine rings is 1. The number of ether oxygens (including phenoxy) is 2. The monoisotopic (exact) mass is 508 g/mol. The molecule has 0 fully saturated rings. The molecule has 0 aliphatic carbocycles. The maximum atomic E-state index is 12.6. The van der Waals surface area contributed by atoms with Gasteiger partial charge in [-0.2, -0.15) is 18.3 Å². The van der Waals surface area contributed by atoms with Crippen LogP contribution in [0, 0.1) is 0 Å². The summed E-state index contributed by atoms with van der Waals surface area (Å²) >= 11 is 0. The third kappa shape index (κ3) is 5.20. The van der Waals surface area contributed by atoms with Gasteiger partial charge in [-0.3, -0.25) is 9.25 Å². The molecule has 11 heteroatoms. The van der Waals surface area contributed by atoms with E-state index in [0.29, 0.717) is 28.4 Å². The molecule has 0 saturated heterocycles. The molecule has 5 rings (SSSR count). The molecule has 0 spiro atoms. The second-order valence-corrected chi connectivity index (χ2v) is 8.51. The van der Waals surface area contributed by atoms with Crippen molar-refractivity contribution in [3.05, 3.63) is 78.2 Å². The summed E-state index contributed by atoms with van der Waals surface area (Å²) in [4.78, 5) is 9.06. The zero-order chi connectivity index (χ0) is 26.2. The molecule has 190 valence electrons. The Hall–Kier alpha value is -4.54. The number of hydrogen-bond acceptors (Lipinski definition) is 6. The lowest BCUT2D eigenvalue weighted by Crippen LogP contribution is -2.11. The number of aromatic nitrogens is 5. The highest BCUT2D eigenvalue weighted by atomic mass is 19.4. The third-order valence-electron chi connectivity index (χ3n) is 5.79. The van der Waals surface area contributed by atoms with Crippen molar-refractivity contribution in [3.63, 3.8) is 0 Å². The lowest BCUT2D eigenvalue weighted by Gasteiger charge is -2.14. The SMILES string of the molecule is COc1cc(-n2c(N)nc3cc(-c4cnn(C)c4)cnc32)ccc1OCc1ccc(CC(F)(F)F)cc1. The van der Waals surface area contributed by atoms with E-state index in [2.05, 4.69) is 15.1 Å². The fourth-order valence-corrected chi connectivity index (χ4v) is 4.03. The van der Waals surface area contributed by atoms with Crippen LogP contribution in [0.15, 0.2) is 67.1 Å². The highest BCUT2D eigenvalue weighted by Gasteiger charge is 2.27. The zero-order valence-electron chi connectivity index (χ0n) is 20.0. The Balaban J connectivity index is 1.37. The first-order valence-electron chi connectivity index (χ1n) is 11.3. The van der Waals surface area contributed by atoms with Gasteiger partial charge in [0, 0.05) is 36.6 Å². The summed E-state index contributed by atoms with van der Waals surface area (Å²) in [5, 5.41) is 4.19. The van der Waals surface area contributed by atoms with Gasteiger partial charge in [-0.1, -0.05) is 24.3 Å². The summed E-state index contributed by atoms with van der Waals surface area (Å²) in [5.41, 5.74) is 10.9. The van der Waals surface area contributed by atoms with E-state index in [1.807, 2.05) is 19.3 Å². The molecule has 0 aliphatic heterocycles. The first-order chi connectivity index (χ1) is 17.7. The largest absolute Gasteiger partial charge is 0.493 e. The van der Waals surface area contributed by atoms with Gasteiger partial charge in [0.1, 0.15) is 12.1 Å². The number of fused-ring (bicyclic) bond motifs is 1. The standard InChI is InChI=1S/C26H23F3N6O2/c1-34-14-19(13-32-34)18-9-21-24(31-12-18)35(25(30)33-21)20-7-8-22(23(10-20)36-2)37-15-17-5-3-16(4-6-17)11-26(27,28)29/h3-10,12-14H,11,15H2,1-2H3,(H2,30,33). The number of halogens is 3. The Bertz CT molecular complexity index is 1560. The number of imidazole rings is 1. The van der Waals surface area contributed by atoms with E-state index >= 15 is 0 Å². The summed E-state index contributed by atoms with van der Waals surface area (Å²) in [6, 6.07) is 13.3. The van der Waals surface area contributed by atoms with Gasteiger partial charge in [-0.25, -0.2) is 9.97 Å². The van der Waals surface area contributed by atoms with E-state index in [9.17, 15) is 13.2 Å². The van der Waals surface area contributed by atoms with Crippen molar-refractivity contribution in [1.82, 2.24) is 24.3 Å². The van der Waals surface area contributed by atoms with Crippen LogP contribution in [0.4, 0.5) is 19.1 Å². The van der Waals surface area contributed by atoms with Crippen LogP contribution in [0.2, 0.25) is 0 Å². The fraction of sp³-hybridized carbons (Fsp3) is 0.192. The Kier molecular flexibility index (Phi) is 6.20. The summed E-state index contributed by atoms with van der Waals surface area (Å²) in [5.74, 6) is 1.19. The van der Waals surface area contributed by atoms with E-state index in [0.717, 1.165) is 16.7 Å². The van der Waals surface area contributed by atoms with Crippen molar-refractivity contribution in [1.29, 1.82) is 0 Å². The number of nitrogens with zero attached hydrogens (tertiary/aromatic N) is 5. The van der Waals surface area contributed by atoms with E-state index in [-0.39, 0.29) is 18.1 Å². The first kappa shape index (κ1) is 24.2. The van der Waals surface area contributed by atoms with Gasteiger partial charge in [0.15, 0.2) is 17.1 Å². The van der Waals surface area contributed by atoms with Crippen molar-refractivity contribution in [2.75, 3.05) is 12.8 Å². The number of alkyl halides is 3. The molecule has 5 aromatic rings. The van der Waals surface area contributed by atoms with E-state index < -0.39 is 12.6 Å². The van der Waals surface area contributed by atoms with Crippen molar-refractivity contribution >= 4 is 17.1 Å². The second-order valence-electron chi connectivity index (χ2n) is 8.51. The van der Waals surface area contributed by atoms with E-state index in [1.54, 1.807) is 52.0 Å². The summed E-state index contributed by atoms with van der Waals surface area (Å²) in [7, 11) is 3.36. The zero-order valence-corrected chi connectivity index (χ0v) is 20.0. The van der Waals surface area contributed by atoms with Gasteiger partial charge < -0.3 is 15.2 Å². The van der Waals surface area contributed by atoms with Gasteiger partial charge in [-0.15, -0.1) is 0 Å². The molecule has 0 amide bonds. The van der Waals surface area contributed by atoms with Crippen LogP contribution >= 0.6 is 0 Å². The summed E-state index contributed by atoms with van der Waals surface area (Å²) < 4.78 is 52.5. The molecule has 0 aliphatic rings. The first-order valence-corrected chi connectivity index (χ1v) is 11.3. The smallest absolute Gasteiger partial charge is 0.393 e.